The van der Waals surface area contributed by atoms with E-state index in [9.17, 15) is 13.2 Å². The third kappa shape index (κ3) is 3.35. The first-order valence-electron chi connectivity index (χ1n) is 8.60. The molecule has 1 amide bonds. The lowest BCUT2D eigenvalue weighted by atomic mass is 10.2. The Bertz CT molecular complexity index is 1120. The molecule has 0 radical (unpaired) electrons. The molecule has 0 saturated carbocycles. The number of aryl methyl sites for hydroxylation is 1. The van der Waals surface area contributed by atoms with Gasteiger partial charge in [0.1, 0.15) is 6.04 Å². The lowest BCUT2D eigenvalue weighted by Gasteiger charge is -2.21. The zero-order valence-corrected chi connectivity index (χ0v) is 17.3. The summed E-state index contributed by atoms with van der Waals surface area (Å²) in [7, 11) is -4.01. The quantitative estimate of drug-likeness (QED) is 0.585. The Kier molecular flexibility index (Phi) is 4.80. The van der Waals surface area contributed by atoms with Crippen LogP contribution in [0.5, 0.6) is 0 Å². The van der Waals surface area contributed by atoms with E-state index in [4.69, 9.17) is 4.52 Å². The number of rotatable bonds is 4. The smallest absolute Gasteiger partial charge is 0.267 e. The third-order valence-corrected chi connectivity index (χ3v) is 6.94. The van der Waals surface area contributed by atoms with E-state index < -0.39 is 22.0 Å². The first-order valence-corrected chi connectivity index (χ1v) is 10.8. The monoisotopic (exact) mass is 461 g/mol. The van der Waals surface area contributed by atoms with Crippen LogP contribution in [-0.4, -0.2) is 28.8 Å². The van der Waals surface area contributed by atoms with Crippen molar-refractivity contribution in [1.29, 1.82) is 0 Å². The zero-order chi connectivity index (χ0) is 19.9. The molecule has 9 heteroatoms. The van der Waals surface area contributed by atoms with Crippen molar-refractivity contribution in [3.8, 4) is 11.4 Å². The number of sulfonamides is 1. The third-order valence-electron chi connectivity index (χ3n) is 4.57. The van der Waals surface area contributed by atoms with Crippen LogP contribution in [0.2, 0.25) is 0 Å². The number of hydrogen-bond donors (Lipinski definition) is 0. The number of amides is 1. The van der Waals surface area contributed by atoms with Crippen LogP contribution in [0.4, 0.5) is 0 Å². The highest BCUT2D eigenvalue weighted by molar-refractivity contribution is 9.10. The number of nitrogens with zero attached hydrogens (tertiary/aromatic N) is 3. The Hall–Kier alpha value is -2.52. The number of halogens is 1. The minimum Gasteiger partial charge on any atom is -0.337 e. The molecule has 2 aromatic carbocycles. The SMILES string of the molecule is Cc1ccc(S(=O)(=O)N2C(=O)CCC2c2nc(-c3ccc(Br)cc3)no2)cc1. The van der Waals surface area contributed by atoms with Gasteiger partial charge in [-0.3, -0.25) is 4.79 Å². The van der Waals surface area contributed by atoms with Crippen LogP contribution in [0.3, 0.4) is 0 Å². The summed E-state index contributed by atoms with van der Waals surface area (Å²) in [5.41, 5.74) is 1.66. The highest BCUT2D eigenvalue weighted by atomic mass is 79.9. The molecule has 4 rings (SSSR count). The molecule has 1 saturated heterocycles. The van der Waals surface area contributed by atoms with Crippen molar-refractivity contribution in [2.75, 3.05) is 0 Å². The Morgan fingerprint density at radius 3 is 2.46 bits per heavy atom. The van der Waals surface area contributed by atoms with Gasteiger partial charge in [0.2, 0.25) is 11.7 Å². The number of benzene rings is 2. The van der Waals surface area contributed by atoms with Crippen LogP contribution in [0.1, 0.15) is 30.3 Å². The summed E-state index contributed by atoms with van der Waals surface area (Å²) in [5, 5.41) is 3.95. The number of aromatic nitrogens is 2. The number of carbonyl (C=O) groups excluding carboxylic acids is 1. The largest absolute Gasteiger partial charge is 0.337 e. The lowest BCUT2D eigenvalue weighted by molar-refractivity contribution is -0.124. The van der Waals surface area contributed by atoms with E-state index in [1.54, 1.807) is 12.1 Å². The van der Waals surface area contributed by atoms with Gasteiger partial charge in [-0.05, 0) is 49.7 Å². The van der Waals surface area contributed by atoms with Crippen molar-refractivity contribution >= 4 is 31.9 Å². The van der Waals surface area contributed by atoms with E-state index in [2.05, 4.69) is 26.1 Å². The summed E-state index contributed by atoms with van der Waals surface area (Å²) in [6, 6.07) is 12.9. The molecule has 1 unspecified atom stereocenters. The molecule has 3 aromatic rings. The minimum atomic E-state index is -4.01. The summed E-state index contributed by atoms with van der Waals surface area (Å²) >= 11 is 3.36. The van der Waals surface area contributed by atoms with Gasteiger partial charge in [0, 0.05) is 16.5 Å². The van der Waals surface area contributed by atoms with Gasteiger partial charge < -0.3 is 4.52 Å². The first kappa shape index (κ1) is 18.8. The Morgan fingerprint density at radius 1 is 1.11 bits per heavy atom. The van der Waals surface area contributed by atoms with Gasteiger partial charge in [-0.2, -0.15) is 4.98 Å². The van der Waals surface area contributed by atoms with E-state index >= 15 is 0 Å². The fourth-order valence-electron chi connectivity index (χ4n) is 3.10. The van der Waals surface area contributed by atoms with Gasteiger partial charge in [-0.1, -0.05) is 38.8 Å². The second kappa shape index (κ2) is 7.14. The minimum absolute atomic E-state index is 0.0611. The molecule has 1 aromatic heterocycles. The molecule has 0 spiro atoms. The molecule has 144 valence electrons. The van der Waals surface area contributed by atoms with Gasteiger partial charge in [-0.15, -0.1) is 0 Å². The molecule has 1 fully saturated rings. The Balaban J connectivity index is 1.69. The predicted molar refractivity (Wildman–Crippen MR) is 105 cm³/mol. The average molecular weight is 462 g/mol. The van der Waals surface area contributed by atoms with Crippen LogP contribution in [0.25, 0.3) is 11.4 Å². The van der Waals surface area contributed by atoms with Crippen molar-refractivity contribution < 1.29 is 17.7 Å². The van der Waals surface area contributed by atoms with Gasteiger partial charge in [0.25, 0.3) is 15.9 Å². The van der Waals surface area contributed by atoms with E-state index in [1.807, 2.05) is 31.2 Å². The maximum Gasteiger partial charge on any atom is 0.267 e. The van der Waals surface area contributed by atoms with Crippen molar-refractivity contribution in [3.05, 3.63) is 64.5 Å². The average Bonchev–Trinajstić information content (AvgIpc) is 3.29. The van der Waals surface area contributed by atoms with Gasteiger partial charge in [0.05, 0.1) is 4.90 Å². The lowest BCUT2D eigenvalue weighted by Crippen LogP contribution is -2.34. The van der Waals surface area contributed by atoms with Gasteiger partial charge in [0.15, 0.2) is 0 Å². The van der Waals surface area contributed by atoms with Crippen molar-refractivity contribution in [3.63, 3.8) is 0 Å². The molecular formula is C19H16BrN3O4S. The normalized spacial score (nSPS) is 17.3. The molecule has 0 N–H and O–H groups in total. The van der Waals surface area contributed by atoms with Crippen molar-refractivity contribution in [2.24, 2.45) is 0 Å². The molecule has 1 atom stereocenters. The standard InChI is InChI=1S/C19H16BrN3O4S/c1-12-2-8-15(9-3-12)28(25,26)23-16(10-11-17(23)24)19-21-18(22-27-19)13-4-6-14(20)7-5-13/h2-9,16H,10-11H2,1H3. The second-order valence-electron chi connectivity index (χ2n) is 6.53. The summed E-state index contributed by atoms with van der Waals surface area (Å²) in [6.45, 7) is 1.86. The van der Waals surface area contributed by atoms with Gasteiger partial charge in [-0.25, -0.2) is 12.7 Å². The van der Waals surface area contributed by atoms with Crippen LogP contribution >= 0.6 is 15.9 Å². The molecule has 28 heavy (non-hydrogen) atoms. The summed E-state index contributed by atoms with van der Waals surface area (Å²) in [6.07, 6.45) is 0.400. The van der Waals surface area contributed by atoms with E-state index in [0.717, 1.165) is 19.9 Å². The maximum atomic E-state index is 13.1. The van der Waals surface area contributed by atoms with Gasteiger partial charge >= 0.3 is 0 Å². The molecule has 0 aliphatic carbocycles. The van der Waals surface area contributed by atoms with E-state index in [0.29, 0.717) is 12.2 Å². The fourth-order valence-corrected chi connectivity index (χ4v) is 4.96. The first-order chi connectivity index (χ1) is 13.4. The summed E-state index contributed by atoms with van der Waals surface area (Å²) in [5.74, 6) is -0.0250. The highest BCUT2D eigenvalue weighted by Gasteiger charge is 2.44. The zero-order valence-electron chi connectivity index (χ0n) is 14.9. The van der Waals surface area contributed by atoms with Crippen molar-refractivity contribution in [1.82, 2.24) is 14.4 Å². The topological polar surface area (TPSA) is 93.4 Å². The van der Waals surface area contributed by atoms with Crippen LogP contribution in [0, 0.1) is 6.92 Å². The Morgan fingerprint density at radius 2 is 1.79 bits per heavy atom. The number of hydrogen-bond acceptors (Lipinski definition) is 6. The fraction of sp³-hybridized carbons (Fsp3) is 0.211. The van der Waals surface area contributed by atoms with Crippen LogP contribution in [-0.2, 0) is 14.8 Å². The maximum absolute atomic E-state index is 13.1. The van der Waals surface area contributed by atoms with Crippen LogP contribution in [0.15, 0.2) is 62.4 Å². The summed E-state index contributed by atoms with van der Waals surface area (Å²) in [4.78, 5) is 16.8. The highest BCUT2D eigenvalue weighted by Crippen LogP contribution is 2.37. The second-order valence-corrected chi connectivity index (χ2v) is 9.26. The molecule has 7 nitrogen and oxygen atoms in total. The number of carbonyl (C=O) groups is 1. The molecular weight excluding hydrogens is 446 g/mol. The van der Waals surface area contributed by atoms with Crippen molar-refractivity contribution in [2.45, 2.75) is 30.7 Å². The van der Waals surface area contributed by atoms with E-state index in [1.165, 1.54) is 12.1 Å². The molecule has 1 aliphatic rings. The molecule has 0 bridgehead atoms. The van der Waals surface area contributed by atoms with E-state index in [-0.39, 0.29) is 17.2 Å². The predicted octanol–water partition coefficient (Wildman–Crippen LogP) is 3.86. The Labute approximate surface area is 170 Å². The van der Waals surface area contributed by atoms with Crippen LogP contribution < -0.4 is 0 Å². The molecule has 2 heterocycles. The summed E-state index contributed by atoms with van der Waals surface area (Å²) < 4.78 is 33.2. The molecule has 1 aliphatic heterocycles.